The van der Waals surface area contributed by atoms with Crippen LogP contribution in [0.25, 0.3) is 0 Å². The molecule has 0 saturated heterocycles. The summed E-state index contributed by atoms with van der Waals surface area (Å²) in [6.07, 6.45) is 0. The molecule has 0 fully saturated rings. The number of nitrogens with one attached hydrogen (secondary N) is 2. The van der Waals surface area contributed by atoms with E-state index in [4.69, 9.17) is 0 Å². The lowest BCUT2D eigenvalue weighted by Crippen LogP contribution is -2.36. The lowest BCUT2D eigenvalue weighted by molar-refractivity contribution is 0.244. The van der Waals surface area contributed by atoms with Gasteiger partial charge in [0.25, 0.3) is 0 Å². The lowest BCUT2D eigenvalue weighted by Gasteiger charge is -2.23. The normalized spacial score (nSPS) is 13.0. The molecule has 2 N–H and O–H groups in total. The van der Waals surface area contributed by atoms with Gasteiger partial charge in [-0.2, -0.15) is 0 Å². The Morgan fingerprint density at radius 1 is 1.15 bits per heavy atom. The highest BCUT2D eigenvalue weighted by Gasteiger charge is 2.18. The molecule has 1 heterocycles. The maximum Gasteiger partial charge on any atom is 0.319 e. The standard InChI is InChI=1S/C17H24N4O3S2/c1-20(2)15(16-9-6-10-25-16)12-18-17(22)19-13-7-5-8-14(11-13)26(23,24)21(3)4/h5-11,15H,12H2,1-4H3,(H2,18,19,22). The van der Waals surface area contributed by atoms with Gasteiger partial charge < -0.3 is 15.5 Å². The molecule has 2 amide bonds. The van der Waals surface area contributed by atoms with E-state index >= 15 is 0 Å². The summed E-state index contributed by atoms with van der Waals surface area (Å²) in [5.41, 5.74) is 0.419. The zero-order valence-corrected chi connectivity index (χ0v) is 16.9. The quantitative estimate of drug-likeness (QED) is 0.753. The van der Waals surface area contributed by atoms with Gasteiger partial charge in [0.05, 0.1) is 10.9 Å². The highest BCUT2D eigenvalue weighted by atomic mass is 32.2. The fourth-order valence-electron chi connectivity index (χ4n) is 2.33. The number of thiophene rings is 1. The van der Waals surface area contributed by atoms with Gasteiger partial charge in [0, 0.05) is 31.2 Å². The van der Waals surface area contributed by atoms with Crippen molar-refractivity contribution in [1.29, 1.82) is 0 Å². The number of anilines is 1. The number of urea groups is 1. The zero-order valence-electron chi connectivity index (χ0n) is 15.3. The number of hydrogen-bond acceptors (Lipinski definition) is 5. The minimum absolute atomic E-state index is 0.0706. The van der Waals surface area contributed by atoms with Crippen LogP contribution in [0.4, 0.5) is 10.5 Å². The van der Waals surface area contributed by atoms with Crippen molar-refractivity contribution >= 4 is 33.1 Å². The van der Waals surface area contributed by atoms with Crippen LogP contribution in [0.2, 0.25) is 0 Å². The molecule has 0 aliphatic heterocycles. The average Bonchev–Trinajstić information content (AvgIpc) is 3.09. The summed E-state index contributed by atoms with van der Waals surface area (Å²) in [6, 6.07) is 9.89. The molecule has 1 aromatic carbocycles. The minimum Gasteiger partial charge on any atom is -0.336 e. The Hall–Kier alpha value is -1.94. The van der Waals surface area contributed by atoms with Gasteiger partial charge in [-0.1, -0.05) is 12.1 Å². The number of likely N-dealkylation sites (N-methyl/N-ethyl adjacent to an activating group) is 1. The maximum atomic E-state index is 12.2. The van der Waals surface area contributed by atoms with E-state index in [1.807, 2.05) is 36.5 Å². The molecule has 0 saturated carbocycles. The van der Waals surface area contributed by atoms with Crippen LogP contribution >= 0.6 is 11.3 Å². The fourth-order valence-corrected chi connectivity index (χ4v) is 4.20. The molecule has 0 bridgehead atoms. The second-order valence-electron chi connectivity index (χ2n) is 6.15. The summed E-state index contributed by atoms with van der Waals surface area (Å²) in [7, 11) is 3.30. The molecule has 142 valence electrons. The molecular weight excluding hydrogens is 372 g/mol. The number of rotatable bonds is 7. The third kappa shape index (κ3) is 5.04. The molecule has 0 spiro atoms. The van der Waals surface area contributed by atoms with Gasteiger partial charge in [-0.3, -0.25) is 0 Å². The number of nitrogens with zero attached hydrogens (tertiary/aromatic N) is 2. The molecule has 1 atom stereocenters. The Balaban J connectivity index is 2.02. The number of benzene rings is 1. The third-order valence-corrected chi connectivity index (χ3v) is 6.61. The number of sulfonamides is 1. The highest BCUT2D eigenvalue weighted by molar-refractivity contribution is 7.89. The molecule has 7 nitrogen and oxygen atoms in total. The van der Waals surface area contributed by atoms with Crippen LogP contribution in [-0.4, -0.2) is 58.4 Å². The van der Waals surface area contributed by atoms with Crippen LogP contribution in [0.5, 0.6) is 0 Å². The van der Waals surface area contributed by atoms with E-state index in [0.29, 0.717) is 12.2 Å². The van der Waals surface area contributed by atoms with Crippen LogP contribution in [0, 0.1) is 0 Å². The number of carbonyl (C=O) groups excluding carboxylic acids is 1. The first kappa shape index (κ1) is 20.4. The van der Waals surface area contributed by atoms with E-state index in [9.17, 15) is 13.2 Å². The van der Waals surface area contributed by atoms with Crippen molar-refractivity contribution < 1.29 is 13.2 Å². The Bertz CT molecular complexity index is 833. The molecule has 2 aromatic rings. The smallest absolute Gasteiger partial charge is 0.319 e. The van der Waals surface area contributed by atoms with Crippen molar-refractivity contribution in [2.75, 3.05) is 40.1 Å². The van der Waals surface area contributed by atoms with Crippen LogP contribution in [0.1, 0.15) is 10.9 Å². The van der Waals surface area contributed by atoms with E-state index in [0.717, 1.165) is 9.18 Å². The third-order valence-electron chi connectivity index (χ3n) is 3.82. The Labute approximate surface area is 158 Å². The average molecular weight is 397 g/mol. The summed E-state index contributed by atoms with van der Waals surface area (Å²) in [5.74, 6) is 0. The summed E-state index contributed by atoms with van der Waals surface area (Å²) in [4.78, 5) is 15.5. The molecule has 9 heteroatoms. The van der Waals surface area contributed by atoms with Crippen LogP contribution in [0.3, 0.4) is 0 Å². The second-order valence-corrected chi connectivity index (χ2v) is 9.28. The van der Waals surface area contributed by atoms with Gasteiger partial charge >= 0.3 is 6.03 Å². The summed E-state index contributed by atoms with van der Waals surface area (Å²) < 4.78 is 25.5. The molecule has 0 aliphatic carbocycles. The van der Waals surface area contributed by atoms with Crippen molar-refractivity contribution in [2.24, 2.45) is 0 Å². The monoisotopic (exact) mass is 396 g/mol. The van der Waals surface area contributed by atoms with Crippen molar-refractivity contribution in [3.05, 3.63) is 46.7 Å². The Morgan fingerprint density at radius 2 is 1.88 bits per heavy atom. The van der Waals surface area contributed by atoms with Gasteiger partial charge in [0.1, 0.15) is 0 Å². The van der Waals surface area contributed by atoms with Gasteiger partial charge in [-0.25, -0.2) is 17.5 Å². The van der Waals surface area contributed by atoms with Crippen molar-refractivity contribution in [3.8, 4) is 0 Å². The van der Waals surface area contributed by atoms with Gasteiger partial charge in [-0.15, -0.1) is 11.3 Å². The summed E-state index contributed by atoms with van der Waals surface area (Å²) in [6.45, 7) is 0.440. The van der Waals surface area contributed by atoms with Crippen molar-refractivity contribution in [1.82, 2.24) is 14.5 Å². The number of hydrogen-bond donors (Lipinski definition) is 2. The summed E-state index contributed by atoms with van der Waals surface area (Å²) in [5, 5.41) is 7.52. The largest absolute Gasteiger partial charge is 0.336 e. The molecule has 0 radical (unpaired) electrons. The molecule has 26 heavy (non-hydrogen) atoms. The summed E-state index contributed by atoms with van der Waals surface area (Å²) >= 11 is 1.64. The number of carbonyl (C=O) groups is 1. The first-order chi connectivity index (χ1) is 12.2. The van der Waals surface area contributed by atoms with E-state index < -0.39 is 10.0 Å². The van der Waals surface area contributed by atoms with Gasteiger partial charge in [-0.05, 0) is 43.7 Å². The van der Waals surface area contributed by atoms with E-state index in [-0.39, 0.29) is 17.0 Å². The molecule has 2 rings (SSSR count). The first-order valence-corrected chi connectivity index (χ1v) is 10.3. The minimum atomic E-state index is -3.55. The van der Waals surface area contributed by atoms with Crippen LogP contribution < -0.4 is 10.6 Å². The maximum absolute atomic E-state index is 12.2. The Kier molecular flexibility index (Phi) is 6.76. The topological polar surface area (TPSA) is 81.8 Å². The Morgan fingerprint density at radius 3 is 2.46 bits per heavy atom. The molecule has 1 aromatic heterocycles. The predicted octanol–water partition coefficient (Wildman–Crippen LogP) is 2.42. The first-order valence-electron chi connectivity index (χ1n) is 7.99. The second kappa shape index (κ2) is 8.63. The fraction of sp³-hybridized carbons (Fsp3) is 0.353. The molecule has 1 unspecified atom stereocenters. The molecular formula is C17H24N4O3S2. The van der Waals surface area contributed by atoms with Crippen LogP contribution in [0.15, 0.2) is 46.7 Å². The van der Waals surface area contributed by atoms with Crippen molar-refractivity contribution in [3.63, 3.8) is 0 Å². The van der Waals surface area contributed by atoms with Crippen molar-refractivity contribution in [2.45, 2.75) is 10.9 Å². The van der Waals surface area contributed by atoms with E-state index in [1.54, 1.807) is 23.5 Å². The van der Waals surface area contributed by atoms with Crippen LogP contribution in [-0.2, 0) is 10.0 Å². The van der Waals surface area contributed by atoms with E-state index in [2.05, 4.69) is 10.6 Å². The van der Waals surface area contributed by atoms with E-state index in [1.165, 1.54) is 26.2 Å². The predicted molar refractivity (Wildman–Crippen MR) is 105 cm³/mol. The van der Waals surface area contributed by atoms with Gasteiger partial charge in [0.2, 0.25) is 10.0 Å². The number of amides is 2. The molecule has 0 aliphatic rings. The lowest BCUT2D eigenvalue weighted by atomic mass is 10.2. The highest BCUT2D eigenvalue weighted by Crippen LogP contribution is 2.22. The zero-order chi connectivity index (χ0) is 19.3. The SMILES string of the molecule is CN(C)C(CNC(=O)Nc1cccc(S(=O)(=O)N(C)C)c1)c1cccs1. The van der Waals surface area contributed by atoms with Gasteiger partial charge in [0.15, 0.2) is 0 Å².